The van der Waals surface area contributed by atoms with Crippen molar-refractivity contribution in [3.63, 3.8) is 0 Å². The van der Waals surface area contributed by atoms with Gasteiger partial charge in [0, 0.05) is 37.9 Å². The number of benzene rings is 1. The Morgan fingerprint density at radius 3 is 2.81 bits per heavy atom. The van der Waals surface area contributed by atoms with Crippen molar-refractivity contribution in [2.45, 2.75) is 18.4 Å². The number of carbonyl (C=O) groups is 1. The Morgan fingerprint density at radius 1 is 1.26 bits per heavy atom. The average molecular weight is 400 g/mol. The van der Waals surface area contributed by atoms with E-state index in [9.17, 15) is 13.6 Å². The summed E-state index contributed by atoms with van der Waals surface area (Å²) in [7, 11) is 1.99. The molecule has 10 heteroatoms. The van der Waals surface area contributed by atoms with Crippen LogP contribution in [0.25, 0.3) is 0 Å². The van der Waals surface area contributed by atoms with Crippen LogP contribution in [0.15, 0.2) is 22.7 Å². The number of nitrogens with zero attached hydrogens (tertiary/aromatic N) is 4. The normalized spacial score (nSPS) is 23.5. The van der Waals surface area contributed by atoms with Crippen molar-refractivity contribution < 1.29 is 18.1 Å². The van der Waals surface area contributed by atoms with Gasteiger partial charge < -0.3 is 14.7 Å². The fraction of sp³-hybridized carbons (Fsp3) is 0.471. The third-order valence-electron chi connectivity index (χ3n) is 4.98. The molecule has 0 radical (unpaired) electrons. The van der Waals surface area contributed by atoms with Crippen LogP contribution >= 0.6 is 12.4 Å². The predicted octanol–water partition coefficient (Wildman–Crippen LogP) is 1.87. The molecule has 27 heavy (non-hydrogen) atoms. The first-order valence-electron chi connectivity index (χ1n) is 8.55. The number of piperazine rings is 1. The molecule has 1 N–H and O–H groups in total. The molecule has 3 heterocycles. The van der Waals surface area contributed by atoms with Gasteiger partial charge in [-0.15, -0.1) is 12.4 Å². The van der Waals surface area contributed by atoms with Gasteiger partial charge in [0.15, 0.2) is 17.5 Å². The van der Waals surface area contributed by atoms with Crippen LogP contribution in [0, 0.1) is 11.6 Å². The van der Waals surface area contributed by atoms with Gasteiger partial charge in [0.25, 0.3) is 0 Å². The fourth-order valence-electron chi connectivity index (χ4n) is 3.44. The molecule has 1 aromatic carbocycles. The van der Waals surface area contributed by atoms with Crippen molar-refractivity contribution in [2.24, 2.45) is 0 Å². The Bertz CT molecular complexity index is 833. The molecule has 1 aromatic heterocycles. The summed E-state index contributed by atoms with van der Waals surface area (Å²) in [4.78, 5) is 20.7. The highest BCUT2D eigenvalue weighted by molar-refractivity contribution is 5.99. The van der Waals surface area contributed by atoms with Gasteiger partial charge in [-0.2, -0.15) is 4.98 Å². The van der Waals surface area contributed by atoms with Gasteiger partial charge in [-0.05, 0) is 25.6 Å². The topological polar surface area (TPSA) is 74.5 Å². The Morgan fingerprint density at radius 2 is 2.07 bits per heavy atom. The van der Waals surface area contributed by atoms with Crippen molar-refractivity contribution >= 4 is 24.0 Å². The minimum Gasteiger partial charge on any atom is -0.338 e. The van der Waals surface area contributed by atoms with Gasteiger partial charge >= 0.3 is 0 Å². The van der Waals surface area contributed by atoms with Crippen molar-refractivity contribution in [3.05, 3.63) is 41.5 Å². The number of nitrogens with one attached hydrogen (secondary N) is 1. The Hall–Kier alpha value is -2.10. The number of likely N-dealkylation sites (N-methyl/N-ethyl adjacent to an activating group) is 1. The van der Waals surface area contributed by atoms with E-state index >= 15 is 0 Å². The van der Waals surface area contributed by atoms with Gasteiger partial charge in [0.1, 0.15) is 5.92 Å². The van der Waals surface area contributed by atoms with E-state index in [1.807, 2.05) is 7.05 Å². The van der Waals surface area contributed by atoms with Crippen molar-refractivity contribution in [1.82, 2.24) is 20.4 Å². The minimum atomic E-state index is -0.980. The minimum absolute atomic E-state index is 0. The molecule has 7 nitrogen and oxygen atoms in total. The number of aromatic nitrogens is 2. The monoisotopic (exact) mass is 399 g/mol. The maximum atomic E-state index is 13.5. The van der Waals surface area contributed by atoms with E-state index in [1.165, 1.54) is 11.0 Å². The number of anilines is 1. The molecule has 2 saturated heterocycles. The second-order valence-electron chi connectivity index (χ2n) is 6.62. The molecule has 0 bridgehead atoms. The molecular formula is C17H20ClF2N5O2. The number of hydrogen-bond acceptors (Lipinski definition) is 6. The van der Waals surface area contributed by atoms with Gasteiger partial charge in [0.2, 0.25) is 11.8 Å². The molecule has 2 fully saturated rings. The summed E-state index contributed by atoms with van der Waals surface area (Å²) in [5.41, 5.74) is 0.326. The number of amides is 1. The zero-order valence-electron chi connectivity index (χ0n) is 14.7. The first-order valence-corrected chi connectivity index (χ1v) is 8.55. The molecule has 2 aliphatic rings. The van der Waals surface area contributed by atoms with Crippen LogP contribution in [0.5, 0.6) is 0 Å². The number of carbonyl (C=O) groups excluding carboxylic acids is 1. The van der Waals surface area contributed by atoms with Crippen LogP contribution in [-0.4, -0.2) is 54.2 Å². The highest BCUT2D eigenvalue weighted by atomic mass is 35.5. The predicted molar refractivity (Wildman–Crippen MR) is 95.9 cm³/mol. The maximum absolute atomic E-state index is 13.5. The lowest BCUT2D eigenvalue weighted by Gasteiger charge is -2.30. The summed E-state index contributed by atoms with van der Waals surface area (Å²) in [5, 5.41) is 7.33. The number of hydrogen-bond donors (Lipinski definition) is 1. The summed E-state index contributed by atoms with van der Waals surface area (Å²) in [6.45, 7) is 2.88. The van der Waals surface area contributed by atoms with Gasteiger partial charge in [0.05, 0.1) is 6.04 Å². The molecule has 4 rings (SSSR count). The molecule has 2 aromatic rings. The van der Waals surface area contributed by atoms with E-state index in [1.54, 1.807) is 0 Å². The van der Waals surface area contributed by atoms with Crippen LogP contribution in [-0.2, 0) is 4.79 Å². The summed E-state index contributed by atoms with van der Waals surface area (Å²) < 4.78 is 31.9. The number of halogens is 3. The Kier molecular flexibility index (Phi) is 5.73. The lowest BCUT2D eigenvalue weighted by atomic mass is 10.1. The molecule has 2 atom stereocenters. The average Bonchev–Trinajstić information content (AvgIpc) is 3.24. The third-order valence-corrected chi connectivity index (χ3v) is 4.98. The second-order valence-corrected chi connectivity index (χ2v) is 6.62. The van der Waals surface area contributed by atoms with E-state index in [-0.39, 0.29) is 30.2 Å². The Labute approximate surface area is 161 Å². The zero-order valence-corrected chi connectivity index (χ0v) is 15.5. The summed E-state index contributed by atoms with van der Waals surface area (Å²) in [5.74, 6) is -1.91. The maximum Gasteiger partial charge on any atom is 0.239 e. The molecule has 1 amide bonds. The summed E-state index contributed by atoms with van der Waals surface area (Å²) in [6.07, 6.45) is 0.484. The van der Waals surface area contributed by atoms with E-state index in [0.29, 0.717) is 24.5 Å². The third kappa shape index (κ3) is 3.67. The molecule has 0 aliphatic carbocycles. The first kappa shape index (κ1) is 19.7. The van der Waals surface area contributed by atoms with Crippen LogP contribution in [0.4, 0.5) is 14.5 Å². The van der Waals surface area contributed by atoms with Gasteiger partial charge in [-0.25, -0.2) is 8.78 Å². The molecule has 0 saturated carbocycles. The lowest BCUT2D eigenvalue weighted by molar-refractivity contribution is -0.118. The highest BCUT2D eigenvalue weighted by Crippen LogP contribution is 2.32. The summed E-state index contributed by atoms with van der Waals surface area (Å²) >= 11 is 0. The van der Waals surface area contributed by atoms with Crippen molar-refractivity contribution in [1.29, 1.82) is 0 Å². The fourth-order valence-corrected chi connectivity index (χ4v) is 3.44. The molecule has 2 unspecified atom stereocenters. The van der Waals surface area contributed by atoms with Crippen LogP contribution in [0.3, 0.4) is 0 Å². The molecule has 2 aliphatic heterocycles. The van der Waals surface area contributed by atoms with Crippen molar-refractivity contribution in [3.8, 4) is 0 Å². The summed E-state index contributed by atoms with van der Waals surface area (Å²) in [6, 6.07) is 3.43. The van der Waals surface area contributed by atoms with E-state index in [2.05, 4.69) is 20.4 Å². The molecule has 146 valence electrons. The largest absolute Gasteiger partial charge is 0.338 e. The SMILES string of the molecule is CN1CCNCC1c1noc(C2CCN(c3ccc(F)c(F)c3)C2=O)n1.Cl. The highest BCUT2D eigenvalue weighted by Gasteiger charge is 2.38. The quantitative estimate of drug-likeness (QED) is 0.849. The van der Waals surface area contributed by atoms with E-state index < -0.39 is 17.6 Å². The second kappa shape index (κ2) is 7.87. The molecule has 0 spiro atoms. The first-order chi connectivity index (χ1) is 12.5. The zero-order chi connectivity index (χ0) is 18.3. The van der Waals surface area contributed by atoms with Gasteiger partial charge in [-0.1, -0.05) is 5.16 Å². The van der Waals surface area contributed by atoms with E-state index in [0.717, 1.165) is 31.8 Å². The van der Waals surface area contributed by atoms with Gasteiger partial charge in [-0.3, -0.25) is 9.69 Å². The van der Waals surface area contributed by atoms with E-state index in [4.69, 9.17) is 4.52 Å². The molecular weight excluding hydrogens is 380 g/mol. The van der Waals surface area contributed by atoms with Crippen LogP contribution in [0.2, 0.25) is 0 Å². The lowest BCUT2D eigenvalue weighted by Crippen LogP contribution is -2.44. The smallest absolute Gasteiger partial charge is 0.239 e. The van der Waals surface area contributed by atoms with Crippen LogP contribution in [0.1, 0.15) is 30.1 Å². The number of rotatable bonds is 3. The van der Waals surface area contributed by atoms with Crippen molar-refractivity contribution in [2.75, 3.05) is 38.1 Å². The standard InChI is InChI=1S/C17H19F2N5O2.ClH/c1-23-7-5-20-9-14(23)15-21-16(26-22-15)11-4-6-24(17(11)25)10-2-3-12(18)13(19)8-10;/h2-3,8,11,14,20H,4-7,9H2,1H3;1H. The Balaban J connectivity index is 0.00000210. The van der Waals surface area contributed by atoms with Crippen LogP contribution < -0.4 is 10.2 Å².